The SMILES string of the molecule is CC(C)(C)OC1C2C=CC1(Cl)C=C2. The van der Waals surface area contributed by atoms with Crippen LogP contribution in [0.2, 0.25) is 0 Å². The van der Waals surface area contributed by atoms with E-state index in [1.54, 1.807) is 0 Å². The molecular formula is C11H15ClO. The second-order valence-electron chi connectivity index (χ2n) is 4.77. The highest BCUT2D eigenvalue weighted by molar-refractivity contribution is 6.28. The quantitative estimate of drug-likeness (QED) is 0.465. The zero-order chi connectivity index (χ0) is 9.69. The van der Waals surface area contributed by atoms with E-state index in [0.717, 1.165) is 0 Å². The molecule has 2 heteroatoms. The summed E-state index contributed by atoms with van der Waals surface area (Å²) < 4.78 is 5.93. The third kappa shape index (κ3) is 1.55. The molecule has 0 aromatic carbocycles. The summed E-state index contributed by atoms with van der Waals surface area (Å²) in [5.41, 5.74) is -0.124. The molecule has 0 radical (unpaired) electrons. The maximum Gasteiger partial charge on any atom is 0.108 e. The number of halogens is 1. The Bertz CT molecular complexity index is 258. The highest BCUT2D eigenvalue weighted by Gasteiger charge is 2.47. The van der Waals surface area contributed by atoms with Crippen molar-refractivity contribution in [1.29, 1.82) is 0 Å². The van der Waals surface area contributed by atoms with E-state index < -0.39 is 0 Å². The van der Waals surface area contributed by atoms with Crippen molar-refractivity contribution in [3.05, 3.63) is 24.3 Å². The number of ether oxygens (including phenoxy) is 1. The van der Waals surface area contributed by atoms with Gasteiger partial charge in [-0.05, 0) is 20.8 Å². The van der Waals surface area contributed by atoms with Crippen LogP contribution in [0.25, 0.3) is 0 Å². The molecule has 1 unspecified atom stereocenters. The highest BCUT2D eigenvalue weighted by Crippen LogP contribution is 2.45. The Morgan fingerprint density at radius 2 is 1.77 bits per heavy atom. The first-order chi connectivity index (χ1) is 5.91. The molecule has 0 saturated heterocycles. The summed E-state index contributed by atoms with van der Waals surface area (Å²) >= 11 is 6.37. The molecule has 2 aliphatic carbocycles. The monoisotopic (exact) mass is 198 g/mol. The van der Waals surface area contributed by atoms with Crippen LogP contribution >= 0.6 is 11.6 Å². The number of rotatable bonds is 1. The fourth-order valence-corrected chi connectivity index (χ4v) is 2.21. The van der Waals surface area contributed by atoms with Gasteiger partial charge in [-0.2, -0.15) is 0 Å². The molecule has 0 fully saturated rings. The van der Waals surface area contributed by atoms with E-state index >= 15 is 0 Å². The fourth-order valence-electron chi connectivity index (χ4n) is 1.87. The van der Waals surface area contributed by atoms with Gasteiger partial charge in [0.05, 0.1) is 11.7 Å². The van der Waals surface area contributed by atoms with Crippen LogP contribution in [0.5, 0.6) is 0 Å². The van der Waals surface area contributed by atoms with Gasteiger partial charge in [0.1, 0.15) is 4.87 Å². The van der Waals surface area contributed by atoms with E-state index in [4.69, 9.17) is 16.3 Å². The lowest BCUT2D eigenvalue weighted by atomic mass is 10.1. The Kier molecular flexibility index (Phi) is 1.87. The van der Waals surface area contributed by atoms with Gasteiger partial charge < -0.3 is 4.74 Å². The van der Waals surface area contributed by atoms with Gasteiger partial charge in [0.2, 0.25) is 0 Å². The first kappa shape index (κ1) is 9.29. The molecule has 13 heavy (non-hydrogen) atoms. The molecular weight excluding hydrogens is 184 g/mol. The summed E-state index contributed by atoms with van der Waals surface area (Å²) in [4.78, 5) is -0.377. The molecule has 0 aliphatic heterocycles. The maximum absolute atomic E-state index is 6.37. The first-order valence-electron chi connectivity index (χ1n) is 4.66. The third-order valence-corrected chi connectivity index (χ3v) is 2.88. The van der Waals surface area contributed by atoms with E-state index in [2.05, 4.69) is 32.9 Å². The fraction of sp³-hybridized carbons (Fsp3) is 0.636. The number of fused-ring (bicyclic) bond motifs is 2. The molecule has 2 bridgehead atoms. The molecule has 1 nitrogen and oxygen atoms in total. The van der Waals surface area contributed by atoms with Crippen LogP contribution < -0.4 is 0 Å². The highest BCUT2D eigenvalue weighted by atomic mass is 35.5. The minimum atomic E-state index is -0.377. The summed E-state index contributed by atoms with van der Waals surface area (Å²) in [5.74, 6) is 0.372. The van der Waals surface area contributed by atoms with Crippen LogP contribution in [0.3, 0.4) is 0 Å². The van der Waals surface area contributed by atoms with Gasteiger partial charge >= 0.3 is 0 Å². The minimum absolute atomic E-state index is 0.0918. The van der Waals surface area contributed by atoms with Crippen molar-refractivity contribution in [1.82, 2.24) is 0 Å². The largest absolute Gasteiger partial charge is 0.369 e. The number of hydrogen-bond acceptors (Lipinski definition) is 1. The zero-order valence-corrected chi connectivity index (χ0v) is 9.01. The van der Waals surface area contributed by atoms with Crippen LogP contribution in [-0.2, 0) is 4.74 Å². The van der Waals surface area contributed by atoms with Gasteiger partial charge in [0.15, 0.2) is 0 Å². The predicted octanol–water partition coefficient (Wildman–Crippen LogP) is 2.90. The summed E-state index contributed by atoms with van der Waals surface area (Å²) in [6.45, 7) is 6.18. The van der Waals surface area contributed by atoms with Crippen molar-refractivity contribution < 1.29 is 4.74 Å². The molecule has 0 spiro atoms. The Hall–Kier alpha value is -0.270. The first-order valence-corrected chi connectivity index (χ1v) is 5.04. The molecule has 72 valence electrons. The Morgan fingerprint density at radius 1 is 1.23 bits per heavy atom. The smallest absolute Gasteiger partial charge is 0.108 e. The van der Waals surface area contributed by atoms with E-state index in [-0.39, 0.29) is 16.6 Å². The van der Waals surface area contributed by atoms with Gasteiger partial charge in [-0.15, -0.1) is 11.6 Å². The lowest BCUT2D eigenvalue weighted by Crippen LogP contribution is -2.38. The molecule has 0 saturated carbocycles. The van der Waals surface area contributed by atoms with Crippen LogP contribution in [0.4, 0.5) is 0 Å². The van der Waals surface area contributed by atoms with Gasteiger partial charge in [-0.25, -0.2) is 0 Å². The molecule has 0 aromatic rings. The van der Waals surface area contributed by atoms with Gasteiger partial charge in [0, 0.05) is 5.92 Å². The normalized spacial score (nSPS) is 41.8. The maximum atomic E-state index is 6.37. The lowest BCUT2D eigenvalue weighted by Gasteiger charge is -2.31. The number of hydrogen-bond donors (Lipinski definition) is 0. The second-order valence-corrected chi connectivity index (χ2v) is 5.43. The molecule has 0 N–H and O–H groups in total. The zero-order valence-electron chi connectivity index (χ0n) is 8.25. The van der Waals surface area contributed by atoms with Crippen molar-refractivity contribution >= 4 is 11.6 Å². The molecule has 2 rings (SSSR count). The summed E-state index contributed by atoms with van der Waals surface area (Å²) in [5, 5.41) is 0. The van der Waals surface area contributed by atoms with Gasteiger partial charge in [-0.3, -0.25) is 0 Å². The summed E-state index contributed by atoms with van der Waals surface area (Å²) in [6.07, 6.45) is 8.42. The molecule has 2 aliphatic rings. The topological polar surface area (TPSA) is 9.23 Å². The van der Waals surface area contributed by atoms with E-state index in [9.17, 15) is 0 Å². The number of alkyl halides is 1. The predicted molar refractivity (Wildman–Crippen MR) is 55.0 cm³/mol. The average molecular weight is 199 g/mol. The van der Waals surface area contributed by atoms with Gasteiger partial charge in [-0.1, -0.05) is 24.3 Å². The summed E-state index contributed by atoms with van der Waals surface area (Å²) in [7, 11) is 0. The van der Waals surface area contributed by atoms with Crippen molar-refractivity contribution in [2.45, 2.75) is 37.4 Å². The van der Waals surface area contributed by atoms with Crippen molar-refractivity contribution in [2.24, 2.45) is 5.92 Å². The second kappa shape index (κ2) is 2.61. The average Bonchev–Trinajstić information content (AvgIpc) is 2.40. The van der Waals surface area contributed by atoms with Crippen molar-refractivity contribution in [2.75, 3.05) is 0 Å². The van der Waals surface area contributed by atoms with Crippen LogP contribution in [-0.4, -0.2) is 16.6 Å². The molecule has 0 amide bonds. The molecule has 0 aromatic heterocycles. The molecule has 1 atom stereocenters. The van der Waals surface area contributed by atoms with Crippen molar-refractivity contribution in [3.63, 3.8) is 0 Å². The van der Waals surface area contributed by atoms with Crippen LogP contribution in [0, 0.1) is 5.92 Å². The lowest BCUT2D eigenvalue weighted by molar-refractivity contribution is -0.0676. The van der Waals surface area contributed by atoms with Crippen LogP contribution in [0.1, 0.15) is 20.8 Å². The van der Waals surface area contributed by atoms with Gasteiger partial charge in [0.25, 0.3) is 0 Å². The Labute approximate surface area is 84.4 Å². The van der Waals surface area contributed by atoms with E-state index in [1.807, 2.05) is 12.2 Å². The standard InChI is InChI=1S/C11H15ClO/c1-10(2,3)13-9-8-4-6-11(9,12)7-5-8/h4-9H,1-3H3. The van der Waals surface area contributed by atoms with Crippen LogP contribution in [0.15, 0.2) is 24.3 Å². The summed E-state index contributed by atoms with van der Waals surface area (Å²) in [6, 6.07) is 0. The van der Waals surface area contributed by atoms with Crippen molar-refractivity contribution in [3.8, 4) is 0 Å². The van der Waals surface area contributed by atoms with E-state index in [1.165, 1.54) is 0 Å². The van der Waals surface area contributed by atoms with E-state index in [0.29, 0.717) is 5.92 Å². The molecule has 0 heterocycles. The minimum Gasteiger partial charge on any atom is -0.369 e. The Balaban J connectivity index is 2.13. The Morgan fingerprint density at radius 3 is 2.08 bits per heavy atom. The third-order valence-electron chi connectivity index (χ3n) is 2.41.